The van der Waals surface area contributed by atoms with Gasteiger partial charge in [-0.3, -0.25) is 14.4 Å². The molecule has 0 radical (unpaired) electrons. The Morgan fingerprint density at radius 3 is 2.44 bits per heavy atom. The van der Waals surface area contributed by atoms with Crippen LogP contribution in [0.25, 0.3) is 0 Å². The number of rotatable bonds is 3. The standard InChI is InChI=1S/C21H27N3O3/c25-19(22-16-6-2-1-3-7-16)20(26)23-17-11-10-14-5-4-12-24(18(14)13-17)21(27)15-8-9-15/h10-11,13,15-16H,1-9,12H2,(H,22,25)(H,23,26). The molecule has 4 rings (SSSR count). The van der Waals surface area contributed by atoms with Crippen molar-refractivity contribution in [2.75, 3.05) is 16.8 Å². The van der Waals surface area contributed by atoms with Gasteiger partial charge in [0.25, 0.3) is 0 Å². The molecule has 0 bridgehead atoms. The molecule has 144 valence electrons. The number of hydrogen-bond acceptors (Lipinski definition) is 3. The van der Waals surface area contributed by atoms with E-state index < -0.39 is 11.8 Å². The number of hydrogen-bond donors (Lipinski definition) is 2. The van der Waals surface area contributed by atoms with Crippen molar-refractivity contribution < 1.29 is 14.4 Å². The van der Waals surface area contributed by atoms with E-state index >= 15 is 0 Å². The maximum absolute atomic E-state index is 12.6. The van der Waals surface area contributed by atoms with Crippen molar-refractivity contribution in [3.05, 3.63) is 23.8 Å². The minimum atomic E-state index is -0.642. The molecule has 1 aromatic rings. The van der Waals surface area contributed by atoms with Gasteiger partial charge in [-0.15, -0.1) is 0 Å². The summed E-state index contributed by atoms with van der Waals surface area (Å²) in [6, 6.07) is 5.71. The molecule has 6 heteroatoms. The molecule has 2 aliphatic carbocycles. The lowest BCUT2D eigenvalue weighted by atomic mass is 9.95. The molecule has 2 N–H and O–H groups in total. The fourth-order valence-electron chi connectivity index (χ4n) is 4.12. The Morgan fingerprint density at radius 2 is 1.70 bits per heavy atom. The van der Waals surface area contributed by atoms with E-state index in [0.29, 0.717) is 5.69 Å². The highest BCUT2D eigenvalue weighted by molar-refractivity contribution is 6.39. The monoisotopic (exact) mass is 369 g/mol. The van der Waals surface area contributed by atoms with E-state index in [2.05, 4.69) is 10.6 Å². The number of nitrogens with zero attached hydrogens (tertiary/aromatic N) is 1. The molecule has 0 aromatic heterocycles. The Kier molecular flexibility index (Phi) is 5.14. The lowest BCUT2D eigenvalue weighted by molar-refractivity contribution is -0.136. The number of amides is 3. The van der Waals surface area contributed by atoms with Gasteiger partial charge in [0, 0.05) is 29.9 Å². The van der Waals surface area contributed by atoms with E-state index in [0.717, 1.165) is 69.2 Å². The predicted octanol–water partition coefficient (Wildman–Crippen LogP) is 2.76. The van der Waals surface area contributed by atoms with Crippen molar-refractivity contribution in [2.24, 2.45) is 5.92 Å². The second kappa shape index (κ2) is 7.71. The Hall–Kier alpha value is -2.37. The van der Waals surface area contributed by atoms with Crippen LogP contribution in [0.1, 0.15) is 56.9 Å². The number of nitrogens with one attached hydrogen (secondary N) is 2. The van der Waals surface area contributed by atoms with Crippen LogP contribution in [-0.4, -0.2) is 30.3 Å². The first-order valence-corrected chi connectivity index (χ1v) is 10.2. The second-order valence-corrected chi connectivity index (χ2v) is 7.97. The SMILES string of the molecule is O=C(Nc1ccc2c(c1)N(C(=O)C1CC1)CCC2)C(=O)NC1CCCCC1. The van der Waals surface area contributed by atoms with Gasteiger partial charge in [-0.2, -0.15) is 0 Å². The fraction of sp³-hybridized carbons (Fsp3) is 0.571. The van der Waals surface area contributed by atoms with Crippen molar-refractivity contribution in [2.45, 2.75) is 63.8 Å². The summed E-state index contributed by atoms with van der Waals surface area (Å²) in [5.41, 5.74) is 2.57. The lowest BCUT2D eigenvalue weighted by Gasteiger charge is -2.30. The third kappa shape index (κ3) is 4.15. The number of fused-ring (bicyclic) bond motifs is 1. The van der Waals surface area contributed by atoms with Gasteiger partial charge in [-0.25, -0.2) is 0 Å². The first-order chi connectivity index (χ1) is 13.1. The van der Waals surface area contributed by atoms with Crippen LogP contribution in [0.5, 0.6) is 0 Å². The third-order valence-electron chi connectivity index (χ3n) is 5.80. The van der Waals surface area contributed by atoms with Gasteiger partial charge in [0.05, 0.1) is 0 Å². The van der Waals surface area contributed by atoms with Crippen LogP contribution in [0.15, 0.2) is 18.2 Å². The van der Waals surface area contributed by atoms with Crippen LogP contribution in [0.3, 0.4) is 0 Å². The van der Waals surface area contributed by atoms with Gasteiger partial charge >= 0.3 is 11.8 Å². The number of carbonyl (C=O) groups is 3. The zero-order valence-electron chi connectivity index (χ0n) is 15.6. The second-order valence-electron chi connectivity index (χ2n) is 7.97. The predicted molar refractivity (Wildman–Crippen MR) is 103 cm³/mol. The Bertz CT molecular complexity index is 751. The van der Waals surface area contributed by atoms with Crippen molar-refractivity contribution in [3.63, 3.8) is 0 Å². The Morgan fingerprint density at radius 1 is 0.926 bits per heavy atom. The molecular formula is C21H27N3O3. The van der Waals surface area contributed by atoms with Crippen LogP contribution in [0, 0.1) is 5.92 Å². The van der Waals surface area contributed by atoms with Gasteiger partial charge in [-0.1, -0.05) is 25.3 Å². The average molecular weight is 369 g/mol. The molecule has 1 heterocycles. The number of anilines is 2. The van der Waals surface area contributed by atoms with E-state index in [1.165, 1.54) is 6.42 Å². The maximum Gasteiger partial charge on any atom is 0.313 e. The van der Waals surface area contributed by atoms with Crippen molar-refractivity contribution in [3.8, 4) is 0 Å². The molecule has 0 saturated heterocycles. The largest absolute Gasteiger partial charge is 0.345 e. The topological polar surface area (TPSA) is 78.5 Å². The molecule has 1 aliphatic heterocycles. The Labute approximate surface area is 159 Å². The van der Waals surface area contributed by atoms with Crippen molar-refractivity contribution in [1.29, 1.82) is 0 Å². The summed E-state index contributed by atoms with van der Waals surface area (Å²) in [5, 5.41) is 5.53. The van der Waals surface area contributed by atoms with E-state index in [4.69, 9.17) is 0 Å². The van der Waals surface area contributed by atoms with Gasteiger partial charge in [-0.05, 0) is 56.2 Å². The Balaban J connectivity index is 1.43. The lowest BCUT2D eigenvalue weighted by Crippen LogP contribution is -2.42. The molecule has 0 spiro atoms. The maximum atomic E-state index is 12.6. The highest BCUT2D eigenvalue weighted by Crippen LogP contribution is 2.36. The van der Waals surface area contributed by atoms with Crippen molar-refractivity contribution in [1.82, 2.24) is 5.32 Å². The highest BCUT2D eigenvalue weighted by Gasteiger charge is 2.35. The number of aryl methyl sites for hydroxylation is 1. The van der Waals surface area contributed by atoms with Gasteiger partial charge < -0.3 is 15.5 Å². The molecule has 3 aliphatic rings. The summed E-state index contributed by atoms with van der Waals surface area (Å²) in [7, 11) is 0. The van der Waals surface area contributed by atoms with Crippen LogP contribution >= 0.6 is 0 Å². The van der Waals surface area contributed by atoms with Crippen LogP contribution in [0.2, 0.25) is 0 Å². The molecular weight excluding hydrogens is 342 g/mol. The van der Waals surface area contributed by atoms with Gasteiger partial charge in [0.1, 0.15) is 0 Å². The molecule has 27 heavy (non-hydrogen) atoms. The quantitative estimate of drug-likeness (QED) is 0.804. The normalized spacial score (nSPS) is 19.9. The zero-order chi connectivity index (χ0) is 18.8. The first kappa shape index (κ1) is 18.0. The smallest absolute Gasteiger partial charge is 0.313 e. The average Bonchev–Trinajstić information content (AvgIpc) is 3.53. The van der Waals surface area contributed by atoms with Crippen LogP contribution in [-0.2, 0) is 20.8 Å². The molecule has 2 fully saturated rings. The van der Waals surface area contributed by atoms with E-state index in [9.17, 15) is 14.4 Å². The molecule has 0 atom stereocenters. The zero-order valence-corrected chi connectivity index (χ0v) is 15.6. The van der Waals surface area contributed by atoms with E-state index in [-0.39, 0.29) is 17.9 Å². The summed E-state index contributed by atoms with van der Waals surface area (Å²) in [6.07, 6.45) is 9.12. The third-order valence-corrected chi connectivity index (χ3v) is 5.80. The molecule has 6 nitrogen and oxygen atoms in total. The molecule has 0 unspecified atom stereocenters. The van der Waals surface area contributed by atoms with Gasteiger partial charge in [0.15, 0.2) is 0 Å². The number of carbonyl (C=O) groups excluding carboxylic acids is 3. The summed E-state index contributed by atoms with van der Waals surface area (Å²) in [6.45, 7) is 0.724. The van der Waals surface area contributed by atoms with Crippen LogP contribution in [0.4, 0.5) is 11.4 Å². The summed E-state index contributed by atoms with van der Waals surface area (Å²) in [5.74, 6) is -0.869. The van der Waals surface area contributed by atoms with Crippen molar-refractivity contribution >= 4 is 29.1 Å². The van der Waals surface area contributed by atoms with Gasteiger partial charge in [0.2, 0.25) is 5.91 Å². The summed E-state index contributed by atoms with van der Waals surface area (Å²) >= 11 is 0. The van der Waals surface area contributed by atoms with E-state index in [1.807, 2.05) is 23.1 Å². The van der Waals surface area contributed by atoms with Crippen LogP contribution < -0.4 is 15.5 Å². The summed E-state index contributed by atoms with van der Waals surface area (Å²) in [4.78, 5) is 38.9. The summed E-state index contributed by atoms with van der Waals surface area (Å²) < 4.78 is 0. The highest BCUT2D eigenvalue weighted by atomic mass is 16.2. The van der Waals surface area contributed by atoms with E-state index in [1.54, 1.807) is 0 Å². The molecule has 3 amide bonds. The molecule has 1 aromatic carbocycles. The molecule has 2 saturated carbocycles. The minimum absolute atomic E-state index is 0.104. The minimum Gasteiger partial charge on any atom is -0.345 e. The first-order valence-electron chi connectivity index (χ1n) is 10.2. The number of benzene rings is 1. The fourth-order valence-corrected chi connectivity index (χ4v) is 4.12.